The fraction of sp³-hybridized carbons (Fsp3) is 0.983. The molecule has 68 heavy (non-hydrogen) atoms. The molecule has 408 valence electrons. The number of rotatable bonds is 59. The van der Waals surface area contributed by atoms with E-state index in [1.54, 1.807) is 0 Å². The van der Waals surface area contributed by atoms with Gasteiger partial charge in [-0.25, -0.2) is 4.57 Å². The second-order valence-electron chi connectivity index (χ2n) is 20.7. The van der Waals surface area contributed by atoms with Gasteiger partial charge in [0.2, 0.25) is 0 Å². The van der Waals surface area contributed by atoms with E-state index in [0.29, 0.717) is 6.61 Å². The van der Waals surface area contributed by atoms with Gasteiger partial charge in [0.25, 0.3) is 0 Å². The average Bonchev–Trinajstić information content (AvgIpc) is 3.33. The van der Waals surface area contributed by atoms with Crippen LogP contribution >= 0.6 is 7.82 Å². The van der Waals surface area contributed by atoms with E-state index in [0.717, 1.165) is 32.1 Å². The maximum Gasteiger partial charge on any atom is 0.472 e. The number of hydrogen-bond donors (Lipinski definition) is 3. The highest BCUT2D eigenvalue weighted by Crippen LogP contribution is 2.43. The summed E-state index contributed by atoms with van der Waals surface area (Å²) in [5.41, 5.74) is 0. The SMILES string of the molecule is CCCCCCCCCCCCCCCCCCCCCCCCCCOCC(COP(=O)(O)OCC(O)CO)OC(=O)CCCCCCCCCCCCCCCCCCCCCCCCC. The van der Waals surface area contributed by atoms with Crippen molar-refractivity contribution in [2.24, 2.45) is 0 Å². The van der Waals surface area contributed by atoms with Crippen LogP contribution in [0.15, 0.2) is 0 Å². The molecule has 9 nitrogen and oxygen atoms in total. The summed E-state index contributed by atoms with van der Waals surface area (Å²) in [7, 11) is -4.52. The summed E-state index contributed by atoms with van der Waals surface area (Å²) in [6.07, 6.45) is 61.0. The van der Waals surface area contributed by atoms with Crippen molar-refractivity contribution in [2.45, 2.75) is 334 Å². The second-order valence-corrected chi connectivity index (χ2v) is 22.2. The van der Waals surface area contributed by atoms with Crippen LogP contribution in [0.1, 0.15) is 322 Å². The number of ether oxygens (including phenoxy) is 2. The number of phosphoric ester groups is 1. The molecule has 3 N–H and O–H groups in total. The lowest BCUT2D eigenvalue weighted by Gasteiger charge is -2.20. The monoisotopic (exact) mass is 989 g/mol. The maximum atomic E-state index is 12.7. The Labute approximate surface area is 422 Å². The molecule has 0 aliphatic heterocycles. The standard InChI is InChI=1S/C58H117O9P/c1-3-5-7-9-11-13-15-17-19-21-23-25-27-29-31-33-35-37-39-41-43-45-47-49-51-64-54-57(55-66-68(62,63)65-53-56(60)52-59)67-58(61)50-48-46-44-42-40-38-36-34-32-30-28-26-24-22-20-18-16-14-12-10-8-6-4-2/h56-57,59-60H,3-55H2,1-2H3,(H,62,63). The van der Waals surface area contributed by atoms with Gasteiger partial charge in [-0.2, -0.15) is 0 Å². The van der Waals surface area contributed by atoms with Gasteiger partial charge < -0.3 is 24.6 Å². The molecular formula is C58H117O9P. The van der Waals surface area contributed by atoms with Gasteiger partial charge in [0, 0.05) is 13.0 Å². The summed E-state index contributed by atoms with van der Waals surface area (Å²) < 4.78 is 33.7. The number of esters is 1. The first-order valence-electron chi connectivity index (χ1n) is 30.0. The highest BCUT2D eigenvalue weighted by molar-refractivity contribution is 7.47. The first-order valence-corrected chi connectivity index (χ1v) is 31.5. The summed E-state index contributed by atoms with van der Waals surface area (Å²) in [4.78, 5) is 22.8. The molecule has 10 heteroatoms. The number of aliphatic hydroxyl groups is 2. The van der Waals surface area contributed by atoms with Gasteiger partial charge >= 0.3 is 13.8 Å². The molecule has 0 radical (unpaired) electrons. The molecule has 0 amide bonds. The van der Waals surface area contributed by atoms with Crippen LogP contribution in [0.5, 0.6) is 0 Å². The van der Waals surface area contributed by atoms with Crippen molar-refractivity contribution >= 4 is 13.8 Å². The van der Waals surface area contributed by atoms with Crippen LogP contribution in [-0.4, -0.2) is 66.3 Å². The second kappa shape index (κ2) is 55.8. The van der Waals surface area contributed by atoms with E-state index in [-0.39, 0.29) is 25.6 Å². The lowest BCUT2D eigenvalue weighted by Crippen LogP contribution is -2.29. The minimum absolute atomic E-state index is 0.0593. The van der Waals surface area contributed by atoms with Crippen molar-refractivity contribution in [3.63, 3.8) is 0 Å². The topological polar surface area (TPSA) is 132 Å². The third-order valence-corrected chi connectivity index (χ3v) is 14.7. The maximum absolute atomic E-state index is 12.7. The quantitative estimate of drug-likeness (QED) is 0.0310. The predicted molar refractivity (Wildman–Crippen MR) is 288 cm³/mol. The smallest absolute Gasteiger partial charge is 0.457 e. The van der Waals surface area contributed by atoms with Crippen LogP contribution in [0.2, 0.25) is 0 Å². The Morgan fingerprint density at radius 2 is 0.662 bits per heavy atom. The highest BCUT2D eigenvalue weighted by atomic mass is 31.2. The van der Waals surface area contributed by atoms with Crippen LogP contribution in [0.3, 0.4) is 0 Å². The van der Waals surface area contributed by atoms with E-state index in [4.69, 9.17) is 23.6 Å². The van der Waals surface area contributed by atoms with Crippen LogP contribution in [0, 0.1) is 0 Å². The zero-order chi connectivity index (χ0) is 49.5. The lowest BCUT2D eigenvalue weighted by atomic mass is 10.0. The normalized spacial score (nSPS) is 13.5. The molecule has 3 unspecified atom stereocenters. The van der Waals surface area contributed by atoms with Gasteiger partial charge in [-0.3, -0.25) is 13.8 Å². The van der Waals surface area contributed by atoms with Gasteiger partial charge in [0.1, 0.15) is 12.2 Å². The molecular weight excluding hydrogens is 872 g/mol. The summed E-state index contributed by atoms with van der Waals surface area (Å²) in [6, 6.07) is 0. The Bertz CT molecular complexity index is 1030. The summed E-state index contributed by atoms with van der Waals surface area (Å²) in [6.45, 7) is 3.63. The number of carbonyl (C=O) groups excluding carboxylic acids is 1. The summed E-state index contributed by atoms with van der Waals surface area (Å²) >= 11 is 0. The fourth-order valence-corrected chi connectivity index (χ4v) is 10.0. The molecule has 0 aliphatic carbocycles. The third kappa shape index (κ3) is 54.8. The first-order chi connectivity index (χ1) is 33.3. The highest BCUT2D eigenvalue weighted by Gasteiger charge is 2.26. The molecule has 0 fully saturated rings. The Morgan fingerprint density at radius 3 is 0.956 bits per heavy atom. The number of hydrogen-bond acceptors (Lipinski definition) is 8. The Hall–Kier alpha value is -0.540. The van der Waals surface area contributed by atoms with Crippen molar-refractivity contribution in [3.8, 4) is 0 Å². The number of phosphoric acid groups is 1. The summed E-state index contributed by atoms with van der Waals surface area (Å²) in [5, 5.41) is 18.5. The van der Waals surface area contributed by atoms with E-state index < -0.39 is 33.2 Å². The van der Waals surface area contributed by atoms with Gasteiger partial charge in [0.05, 0.1) is 26.4 Å². The molecule has 0 saturated carbocycles. The first kappa shape index (κ1) is 67.5. The lowest BCUT2D eigenvalue weighted by molar-refractivity contribution is -0.154. The molecule has 0 aromatic heterocycles. The number of carbonyl (C=O) groups is 1. The van der Waals surface area contributed by atoms with Gasteiger partial charge in [0.15, 0.2) is 0 Å². The van der Waals surface area contributed by atoms with E-state index in [1.165, 1.54) is 270 Å². The van der Waals surface area contributed by atoms with E-state index >= 15 is 0 Å². The molecule has 0 aliphatic rings. The van der Waals surface area contributed by atoms with Crippen molar-refractivity contribution in [3.05, 3.63) is 0 Å². The molecule has 0 aromatic rings. The zero-order valence-electron chi connectivity index (χ0n) is 45.4. The Morgan fingerprint density at radius 1 is 0.397 bits per heavy atom. The van der Waals surface area contributed by atoms with Gasteiger partial charge in [-0.15, -0.1) is 0 Å². The molecule has 0 bridgehead atoms. The van der Waals surface area contributed by atoms with Crippen LogP contribution in [0.4, 0.5) is 0 Å². The molecule has 0 rings (SSSR count). The van der Waals surface area contributed by atoms with E-state index in [9.17, 15) is 19.4 Å². The van der Waals surface area contributed by atoms with Crippen molar-refractivity contribution in [1.82, 2.24) is 0 Å². The van der Waals surface area contributed by atoms with E-state index in [1.807, 2.05) is 0 Å². The fourth-order valence-electron chi connectivity index (χ4n) is 9.24. The Kier molecular flexibility index (Phi) is 55.3. The summed E-state index contributed by atoms with van der Waals surface area (Å²) in [5.74, 6) is -0.370. The largest absolute Gasteiger partial charge is 0.472 e. The molecule has 0 aromatic carbocycles. The van der Waals surface area contributed by atoms with Gasteiger partial charge in [-0.1, -0.05) is 303 Å². The molecule has 0 saturated heterocycles. The predicted octanol–water partition coefficient (Wildman–Crippen LogP) is 18.2. The van der Waals surface area contributed by atoms with E-state index in [2.05, 4.69) is 13.8 Å². The van der Waals surface area contributed by atoms with Crippen LogP contribution in [-0.2, 0) is 27.9 Å². The van der Waals surface area contributed by atoms with Gasteiger partial charge in [-0.05, 0) is 12.8 Å². The zero-order valence-corrected chi connectivity index (χ0v) is 46.3. The Balaban J connectivity index is 3.92. The number of unbranched alkanes of at least 4 members (excludes halogenated alkanes) is 45. The average molecular weight is 990 g/mol. The minimum Gasteiger partial charge on any atom is -0.457 e. The molecule has 3 atom stereocenters. The third-order valence-electron chi connectivity index (χ3n) is 13.8. The van der Waals surface area contributed by atoms with Crippen molar-refractivity contribution in [2.75, 3.05) is 33.0 Å². The van der Waals surface area contributed by atoms with Crippen LogP contribution in [0.25, 0.3) is 0 Å². The molecule has 0 heterocycles. The molecule has 0 spiro atoms. The van der Waals surface area contributed by atoms with Crippen molar-refractivity contribution < 1.29 is 43.0 Å². The van der Waals surface area contributed by atoms with Crippen LogP contribution < -0.4 is 0 Å². The number of aliphatic hydroxyl groups excluding tert-OH is 2. The minimum atomic E-state index is -4.52. The van der Waals surface area contributed by atoms with Crippen molar-refractivity contribution in [1.29, 1.82) is 0 Å².